The molecule has 0 aliphatic carbocycles. The van der Waals surface area contributed by atoms with Gasteiger partial charge < -0.3 is 19.5 Å². The summed E-state index contributed by atoms with van der Waals surface area (Å²) < 4.78 is 15.5. The predicted octanol–water partition coefficient (Wildman–Crippen LogP) is 1.80. The Kier molecular flexibility index (Phi) is 10.6. The van der Waals surface area contributed by atoms with Gasteiger partial charge in [-0.15, -0.1) is 0 Å². The number of hydrogen-bond donors (Lipinski definition) is 1. The summed E-state index contributed by atoms with van der Waals surface area (Å²) in [6, 6.07) is -0.594. The SMILES string of the molecule is CCCN(C(=O)OC(C)(C)C)[C@@H](C)C(=O)NCCOCCOC. The van der Waals surface area contributed by atoms with Crippen molar-refractivity contribution in [2.45, 2.75) is 52.7 Å². The molecule has 0 aliphatic rings. The number of rotatable bonds is 10. The Morgan fingerprint density at radius 2 is 1.83 bits per heavy atom. The minimum Gasteiger partial charge on any atom is -0.444 e. The van der Waals surface area contributed by atoms with Crippen LogP contribution in [0.15, 0.2) is 0 Å². The normalized spacial score (nSPS) is 12.6. The fourth-order valence-electron chi connectivity index (χ4n) is 1.78. The monoisotopic (exact) mass is 332 g/mol. The van der Waals surface area contributed by atoms with Crippen LogP contribution >= 0.6 is 0 Å². The van der Waals surface area contributed by atoms with Gasteiger partial charge in [-0.25, -0.2) is 4.79 Å². The number of ether oxygens (including phenoxy) is 3. The van der Waals surface area contributed by atoms with E-state index in [1.54, 1.807) is 34.8 Å². The third-order valence-corrected chi connectivity index (χ3v) is 2.92. The molecule has 0 aromatic heterocycles. The second-order valence-electron chi connectivity index (χ2n) is 6.25. The summed E-state index contributed by atoms with van der Waals surface area (Å²) in [6.07, 6.45) is 0.273. The first-order chi connectivity index (χ1) is 10.7. The van der Waals surface area contributed by atoms with E-state index in [0.717, 1.165) is 6.42 Å². The Bertz CT molecular complexity index is 355. The van der Waals surface area contributed by atoms with E-state index < -0.39 is 17.7 Å². The van der Waals surface area contributed by atoms with Gasteiger partial charge in [-0.05, 0) is 34.1 Å². The number of carbonyl (C=O) groups is 2. The van der Waals surface area contributed by atoms with Gasteiger partial charge in [0.2, 0.25) is 5.91 Å². The molecule has 0 aromatic carbocycles. The standard InChI is InChI=1S/C16H32N2O5/c1-7-9-18(15(20)23-16(3,4)5)13(2)14(19)17-8-10-22-12-11-21-6/h13H,7-12H2,1-6H3,(H,17,19)/t13-/m0/s1. The quantitative estimate of drug-likeness (QED) is 0.617. The zero-order valence-corrected chi connectivity index (χ0v) is 15.3. The molecule has 23 heavy (non-hydrogen) atoms. The molecule has 0 fully saturated rings. The first-order valence-electron chi connectivity index (χ1n) is 8.07. The highest BCUT2D eigenvalue weighted by atomic mass is 16.6. The molecule has 2 amide bonds. The van der Waals surface area contributed by atoms with Crippen LogP contribution in [0, 0.1) is 0 Å². The summed E-state index contributed by atoms with van der Waals surface area (Å²) in [4.78, 5) is 25.9. The first kappa shape index (κ1) is 21.7. The van der Waals surface area contributed by atoms with Crippen molar-refractivity contribution in [1.82, 2.24) is 10.2 Å². The Balaban J connectivity index is 4.38. The molecular weight excluding hydrogens is 300 g/mol. The molecule has 7 heteroatoms. The zero-order chi connectivity index (χ0) is 17.9. The minimum absolute atomic E-state index is 0.223. The maximum absolute atomic E-state index is 12.2. The number of methoxy groups -OCH3 is 1. The molecular formula is C16H32N2O5. The molecule has 0 saturated carbocycles. The van der Waals surface area contributed by atoms with Crippen molar-refractivity contribution in [2.24, 2.45) is 0 Å². The van der Waals surface area contributed by atoms with Crippen LogP contribution in [0.3, 0.4) is 0 Å². The van der Waals surface area contributed by atoms with Gasteiger partial charge in [-0.2, -0.15) is 0 Å². The van der Waals surface area contributed by atoms with Crippen LogP contribution in [0.25, 0.3) is 0 Å². The lowest BCUT2D eigenvalue weighted by Gasteiger charge is -2.30. The summed E-state index contributed by atoms with van der Waals surface area (Å²) in [6.45, 7) is 11.3. The Morgan fingerprint density at radius 1 is 1.17 bits per heavy atom. The van der Waals surface area contributed by atoms with Crippen molar-refractivity contribution >= 4 is 12.0 Å². The van der Waals surface area contributed by atoms with E-state index in [1.165, 1.54) is 4.90 Å². The maximum Gasteiger partial charge on any atom is 0.410 e. The Hall–Kier alpha value is -1.34. The van der Waals surface area contributed by atoms with Crippen molar-refractivity contribution in [1.29, 1.82) is 0 Å². The van der Waals surface area contributed by atoms with Crippen LogP contribution < -0.4 is 5.32 Å². The molecule has 0 radical (unpaired) electrons. The zero-order valence-electron chi connectivity index (χ0n) is 15.3. The van der Waals surface area contributed by atoms with Gasteiger partial charge in [0, 0.05) is 20.2 Å². The number of amides is 2. The summed E-state index contributed by atoms with van der Waals surface area (Å²) >= 11 is 0. The lowest BCUT2D eigenvalue weighted by Crippen LogP contribution is -2.50. The van der Waals surface area contributed by atoms with E-state index in [9.17, 15) is 9.59 Å². The van der Waals surface area contributed by atoms with Crippen molar-refractivity contribution in [3.05, 3.63) is 0 Å². The van der Waals surface area contributed by atoms with Crippen LogP contribution in [-0.4, -0.2) is 68.6 Å². The van der Waals surface area contributed by atoms with Crippen molar-refractivity contribution in [3.8, 4) is 0 Å². The predicted molar refractivity (Wildman–Crippen MR) is 88.4 cm³/mol. The van der Waals surface area contributed by atoms with Crippen molar-refractivity contribution in [2.75, 3.05) is 40.0 Å². The largest absolute Gasteiger partial charge is 0.444 e. The van der Waals surface area contributed by atoms with Gasteiger partial charge >= 0.3 is 6.09 Å². The number of nitrogens with one attached hydrogen (secondary N) is 1. The van der Waals surface area contributed by atoms with E-state index in [2.05, 4.69) is 5.32 Å². The molecule has 0 aliphatic heterocycles. The lowest BCUT2D eigenvalue weighted by molar-refractivity contribution is -0.126. The molecule has 0 rings (SSSR count). The molecule has 7 nitrogen and oxygen atoms in total. The topological polar surface area (TPSA) is 77.1 Å². The number of carbonyl (C=O) groups excluding carboxylic acids is 2. The third kappa shape index (κ3) is 10.1. The van der Waals surface area contributed by atoms with Crippen LogP contribution in [0.5, 0.6) is 0 Å². The van der Waals surface area contributed by atoms with Crippen LogP contribution in [0.4, 0.5) is 4.79 Å². The van der Waals surface area contributed by atoms with Crippen LogP contribution in [0.2, 0.25) is 0 Å². The van der Waals surface area contributed by atoms with E-state index in [1.807, 2.05) is 6.92 Å². The Labute approximate surface area is 139 Å². The molecule has 0 saturated heterocycles. The molecule has 0 heterocycles. The highest BCUT2D eigenvalue weighted by molar-refractivity contribution is 5.85. The highest BCUT2D eigenvalue weighted by Crippen LogP contribution is 2.12. The first-order valence-corrected chi connectivity index (χ1v) is 8.07. The Morgan fingerprint density at radius 3 is 2.35 bits per heavy atom. The number of hydrogen-bond acceptors (Lipinski definition) is 5. The van der Waals surface area contributed by atoms with Gasteiger partial charge in [0.15, 0.2) is 0 Å². The van der Waals surface area contributed by atoms with Gasteiger partial charge in [0.25, 0.3) is 0 Å². The van der Waals surface area contributed by atoms with Gasteiger partial charge in [0.05, 0.1) is 19.8 Å². The minimum atomic E-state index is -0.594. The molecule has 0 spiro atoms. The molecule has 1 atom stereocenters. The van der Waals surface area contributed by atoms with Gasteiger partial charge in [-0.3, -0.25) is 9.69 Å². The number of nitrogens with zero attached hydrogens (tertiary/aromatic N) is 1. The van der Waals surface area contributed by atoms with E-state index >= 15 is 0 Å². The average molecular weight is 332 g/mol. The fourth-order valence-corrected chi connectivity index (χ4v) is 1.78. The van der Waals surface area contributed by atoms with Crippen LogP contribution in [0.1, 0.15) is 41.0 Å². The third-order valence-electron chi connectivity index (χ3n) is 2.92. The summed E-state index contributed by atoms with van der Waals surface area (Å²) in [5.74, 6) is -0.223. The average Bonchev–Trinajstić information content (AvgIpc) is 2.45. The second kappa shape index (κ2) is 11.2. The summed E-state index contributed by atoms with van der Waals surface area (Å²) in [5.41, 5.74) is -0.589. The lowest BCUT2D eigenvalue weighted by atomic mass is 10.2. The maximum atomic E-state index is 12.2. The molecule has 0 bridgehead atoms. The molecule has 0 aromatic rings. The fraction of sp³-hybridized carbons (Fsp3) is 0.875. The smallest absolute Gasteiger partial charge is 0.410 e. The summed E-state index contributed by atoms with van der Waals surface area (Å²) in [5, 5.41) is 2.76. The van der Waals surface area contributed by atoms with E-state index in [-0.39, 0.29) is 5.91 Å². The van der Waals surface area contributed by atoms with E-state index in [4.69, 9.17) is 14.2 Å². The highest BCUT2D eigenvalue weighted by Gasteiger charge is 2.29. The van der Waals surface area contributed by atoms with E-state index in [0.29, 0.717) is 32.9 Å². The molecule has 0 unspecified atom stereocenters. The van der Waals surface area contributed by atoms with Crippen molar-refractivity contribution < 1.29 is 23.8 Å². The second-order valence-corrected chi connectivity index (χ2v) is 6.25. The summed E-state index contributed by atoms with van der Waals surface area (Å²) in [7, 11) is 1.60. The van der Waals surface area contributed by atoms with Crippen LogP contribution in [-0.2, 0) is 19.0 Å². The van der Waals surface area contributed by atoms with Crippen molar-refractivity contribution in [3.63, 3.8) is 0 Å². The van der Waals surface area contributed by atoms with Gasteiger partial charge in [0.1, 0.15) is 11.6 Å². The molecule has 136 valence electrons. The van der Waals surface area contributed by atoms with Gasteiger partial charge in [-0.1, -0.05) is 6.92 Å². The molecule has 1 N–H and O–H groups in total.